The molecule has 1 N–H and O–H groups in total. The van der Waals surface area contributed by atoms with Crippen LogP contribution in [0, 0.1) is 11.8 Å². The second-order valence-electron chi connectivity index (χ2n) is 4.49. The highest BCUT2D eigenvalue weighted by Crippen LogP contribution is 2.30. The summed E-state index contributed by atoms with van der Waals surface area (Å²) in [5.74, 6) is 1.80. The van der Waals surface area contributed by atoms with Crippen LogP contribution >= 0.6 is 0 Å². The van der Waals surface area contributed by atoms with E-state index in [4.69, 9.17) is 0 Å². The van der Waals surface area contributed by atoms with Crippen LogP contribution in [0.1, 0.15) is 45.4 Å². The Bertz CT molecular complexity index is 153. The van der Waals surface area contributed by atoms with Crippen molar-refractivity contribution in [2.24, 2.45) is 11.8 Å². The number of hydrogen-bond donors (Lipinski definition) is 1. The normalized spacial score (nSPS) is 28.4. The summed E-state index contributed by atoms with van der Waals surface area (Å²) in [7, 11) is 0. The van der Waals surface area contributed by atoms with E-state index in [0.717, 1.165) is 18.4 Å². The zero-order valence-corrected chi connectivity index (χ0v) is 9.60. The molecule has 0 aliphatic heterocycles. The standard InChI is InChI=1S/C13H25N/c1-3-8-12-9-6-5-7-10-13(12)11-14-4-2/h3,12-14H,1,4-11H2,2H3. The predicted octanol–water partition coefficient (Wildman–Crippen LogP) is 3.37. The molecule has 0 bridgehead atoms. The van der Waals surface area contributed by atoms with Gasteiger partial charge in [-0.25, -0.2) is 0 Å². The van der Waals surface area contributed by atoms with Crippen LogP contribution in [0.2, 0.25) is 0 Å². The van der Waals surface area contributed by atoms with Crippen LogP contribution < -0.4 is 5.32 Å². The first-order chi connectivity index (χ1) is 6.88. The lowest BCUT2D eigenvalue weighted by molar-refractivity contribution is 0.304. The van der Waals surface area contributed by atoms with Crippen molar-refractivity contribution >= 4 is 0 Å². The second kappa shape index (κ2) is 7.05. The fraction of sp³-hybridized carbons (Fsp3) is 0.846. The molecule has 0 amide bonds. The summed E-state index contributed by atoms with van der Waals surface area (Å²) < 4.78 is 0. The van der Waals surface area contributed by atoms with Crippen LogP contribution in [-0.4, -0.2) is 13.1 Å². The second-order valence-corrected chi connectivity index (χ2v) is 4.49. The molecule has 0 saturated heterocycles. The van der Waals surface area contributed by atoms with Gasteiger partial charge in [0.1, 0.15) is 0 Å². The Morgan fingerprint density at radius 1 is 1.21 bits per heavy atom. The number of hydrogen-bond acceptors (Lipinski definition) is 1. The Hall–Kier alpha value is -0.300. The number of rotatable bonds is 5. The molecule has 1 nitrogen and oxygen atoms in total. The molecule has 1 saturated carbocycles. The van der Waals surface area contributed by atoms with Gasteiger partial charge in [0.25, 0.3) is 0 Å². The molecule has 0 radical (unpaired) electrons. The zero-order chi connectivity index (χ0) is 10.2. The van der Waals surface area contributed by atoms with Gasteiger partial charge in [-0.05, 0) is 44.2 Å². The van der Waals surface area contributed by atoms with Gasteiger partial charge in [-0.3, -0.25) is 0 Å². The first-order valence-corrected chi connectivity index (χ1v) is 6.20. The van der Waals surface area contributed by atoms with Gasteiger partial charge in [0.15, 0.2) is 0 Å². The molecule has 0 spiro atoms. The van der Waals surface area contributed by atoms with Crippen molar-refractivity contribution < 1.29 is 0 Å². The van der Waals surface area contributed by atoms with Gasteiger partial charge in [-0.15, -0.1) is 6.58 Å². The number of nitrogens with one attached hydrogen (secondary N) is 1. The summed E-state index contributed by atoms with van der Waals surface area (Å²) in [5.41, 5.74) is 0. The van der Waals surface area contributed by atoms with Crippen LogP contribution in [0.3, 0.4) is 0 Å². The van der Waals surface area contributed by atoms with Gasteiger partial charge < -0.3 is 5.32 Å². The van der Waals surface area contributed by atoms with Gasteiger partial charge >= 0.3 is 0 Å². The Balaban J connectivity index is 2.40. The van der Waals surface area contributed by atoms with Gasteiger partial charge in [0.2, 0.25) is 0 Å². The molecule has 2 atom stereocenters. The lowest BCUT2D eigenvalue weighted by atomic mass is 9.85. The predicted molar refractivity (Wildman–Crippen MR) is 63.4 cm³/mol. The van der Waals surface area contributed by atoms with E-state index in [1.165, 1.54) is 45.1 Å². The van der Waals surface area contributed by atoms with E-state index >= 15 is 0 Å². The SMILES string of the molecule is C=CCC1CCCCCC1CNCC. The molecule has 0 aromatic carbocycles. The third-order valence-corrected chi connectivity index (χ3v) is 3.44. The Labute approximate surface area is 89.0 Å². The molecule has 1 heteroatoms. The van der Waals surface area contributed by atoms with Crippen LogP contribution in [0.4, 0.5) is 0 Å². The highest BCUT2D eigenvalue weighted by molar-refractivity contribution is 4.81. The molecule has 82 valence electrons. The van der Waals surface area contributed by atoms with Gasteiger partial charge in [0.05, 0.1) is 0 Å². The fourth-order valence-electron chi connectivity index (χ4n) is 2.58. The quantitative estimate of drug-likeness (QED) is 0.524. The lowest BCUT2D eigenvalue weighted by Gasteiger charge is -2.24. The maximum absolute atomic E-state index is 3.88. The van der Waals surface area contributed by atoms with E-state index in [0.29, 0.717) is 0 Å². The van der Waals surface area contributed by atoms with Crippen LogP contribution in [0.5, 0.6) is 0 Å². The summed E-state index contributed by atoms with van der Waals surface area (Å²) in [5, 5.41) is 3.50. The van der Waals surface area contributed by atoms with Crippen LogP contribution in [0.25, 0.3) is 0 Å². The van der Waals surface area contributed by atoms with E-state index in [1.807, 2.05) is 0 Å². The minimum Gasteiger partial charge on any atom is -0.317 e. The topological polar surface area (TPSA) is 12.0 Å². The van der Waals surface area contributed by atoms with Crippen LogP contribution in [-0.2, 0) is 0 Å². The molecule has 1 aliphatic rings. The minimum atomic E-state index is 0.897. The summed E-state index contributed by atoms with van der Waals surface area (Å²) in [6, 6.07) is 0. The van der Waals surface area contributed by atoms with Crippen molar-refractivity contribution in [3.63, 3.8) is 0 Å². The van der Waals surface area contributed by atoms with E-state index in [-0.39, 0.29) is 0 Å². The van der Waals surface area contributed by atoms with E-state index in [2.05, 4.69) is 24.9 Å². The van der Waals surface area contributed by atoms with Gasteiger partial charge in [-0.2, -0.15) is 0 Å². The van der Waals surface area contributed by atoms with Crippen molar-refractivity contribution in [2.45, 2.75) is 45.4 Å². The summed E-state index contributed by atoms with van der Waals surface area (Å²) in [6.45, 7) is 8.40. The zero-order valence-electron chi connectivity index (χ0n) is 9.60. The summed E-state index contributed by atoms with van der Waals surface area (Å²) in [6.07, 6.45) is 10.5. The highest BCUT2D eigenvalue weighted by atomic mass is 14.8. The van der Waals surface area contributed by atoms with Crippen LogP contribution in [0.15, 0.2) is 12.7 Å². The molecule has 1 fully saturated rings. The van der Waals surface area contributed by atoms with E-state index in [1.54, 1.807) is 0 Å². The fourth-order valence-corrected chi connectivity index (χ4v) is 2.58. The molecule has 1 rings (SSSR count). The maximum atomic E-state index is 3.88. The average molecular weight is 195 g/mol. The minimum absolute atomic E-state index is 0.897. The largest absolute Gasteiger partial charge is 0.317 e. The first-order valence-electron chi connectivity index (χ1n) is 6.20. The third-order valence-electron chi connectivity index (χ3n) is 3.44. The summed E-state index contributed by atoms with van der Waals surface area (Å²) in [4.78, 5) is 0. The molecule has 0 aromatic heterocycles. The Morgan fingerprint density at radius 3 is 2.57 bits per heavy atom. The Morgan fingerprint density at radius 2 is 1.93 bits per heavy atom. The first kappa shape index (κ1) is 11.8. The molecule has 0 heterocycles. The molecule has 2 unspecified atom stereocenters. The van der Waals surface area contributed by atoms with Gasteiger partial charge in [-0.1, -0.05) is 32.3 Å². The van der Waals surface area contributed by atoms with Crippen molar-refractivity contribution in [3.8, 4) is 0 Å². The number of allylic oxidation sites excluding steroid dienone is 1. The van der Waals surface area contributed by atoms with Gasteiger partial charge in [0, 0.05) is 0 Å². The van der Waals surface area contributed by atoms with Crippen molar-refractivity contribution in [2.75, 3.05) is 13.1 Å². The van der Waals surface area contributed by atoms with E-state index < -0.39 is 0 Å². The Kier molecular flexibility index (Phi) is 5.93. The maximum Gasteiger partial charge on any atom is -0.00179 e. The lowest BCUT2D eigenvalue weighted by Crippen LogP contribution is -2.27. The van der Waals surface area contributed by atoms with E-state index in [9.17, 15) is 0 Å². The molecular weight excluding hydrogens is 170 g/mol. The van der Waals surface area contributed by atoms with Crippen molar-refractivity contribution in [1.29, 1.82) is 0 Å². The van der Waals surface area contributed by atoms with Crippen molar-refractivity contribution in [3.05, 3.63) is 12.7 Å². The highest BCUT2D eigenvalue weighted by Gasteiger charge is 2.21. The summed E-state index contributed by atoms with van der Waals surface area (Å²) >= 11 is 0. The molecule has 1 aliphatic carbocycles. The third kappa shape index (κ3) is 3.83. The smallest absolute Gasteiger partial charge is 0.00179 e. The molecule has 0 aromatic rings. The molecular formula is C13H25N. The molecule has 14 heavy (non-hydrogen) atoms. The average Bonchev–Trinajstić information content (AvgIpc) is 2.41. The monoisotopic (exact) mass is 195 g/mol. The van der Waals surface area contributed by atoms with Crippen molar-refractivity contribution in [1.82, 2.24) is 5.32 Å².